The molecule has 2 heteroatoms. The Balaban J connectivity index is 2.02. The summed E-state index contributed by atoms with van der Waals surface area (Å²) in [5.41, 5.74) is 3.39. The van der Waals surface area contributed by atoms with Crippen LogP contribution in [0.3, 0.4) is 0 Å². The minimum absolute atomic E-state index is 1.18. The number of nitrogens with one attached hydrogen (secondary N) is 1. The van der Waals surface area contributed by atoms with Crippen molar-refractivity contribution < 1.29 is 0 Å². The lowest BCUT2D eigenvalue weighted by molar-refractivity contribution is 0.151. The van der Waals surface area contributed by atoms with Crippen LogP contribution in [-0.4, -0.2) is 24.6 Å². The molecule has 1 N–H and O–H groups in total. The Morgan fingerprint density at radius 1 is 1.40 bits per heavy atom. The van der Waals surface area contributed by atoms with Crippen molar-refractivity contribution in [2.24, 2.45) is 0 Å². The highest BCUT2D eigenvalue weighted by Crippen LogP contribution is 2.00. The maximum atomic E-state index is 3.39. The molecule has 2 nitrogen and oxygen atoms in total. The smallest absolute Gasteiger partial charge is 0.0131 e. The molecule has 0 radical (unpaired) electrons. The molecule has 0 bridgehead atoms. The summed E-state index contributed by atoms with van der Waals surface area (Å²) in [6.07, 6.45) is 5.35. The SMILES string of the molecule is CCCCN1CCCCN1. The van der Waals surface area contributed by atoms with Crippen molar-refractivity contribution in [1.82, 2.24) is 10.4 Å². The molecule has 1 aliphatic heterocycles. The molecule has 1 fully saturated rings. The van der Waals surface area contributed by atoms with Crippen LogP contribution in [0.4, 0.5) is 0 Å². The molecule has 10 heavy (non-hydrogen) atoms. The normalized spacial score (nSPS) is 21.3. The molecule has 0 aromatic carbocycles. The fraction of sp³-hybridized carbons (Fsp3) is 1.00. The van der Waals surface area contributed by atoms with Gasteiger partial charge in [0.25, 0.3) is 0 Å². The van der Waals surface area contributed by atoms with E-state index in [1.165, 1.54) is 45.3 Å². The van der Waals surface area contributed by atoms with Gasteiger partial charge in [-0.15, -0.1) is 0 Å². The zero-order chi connectivity index (χ0) is 7.23. The summed E-state index contributed by atoms with van der Waals surface area (Å²) >= 11 is 0. The third-order valence-corrected chi connectivity index (χ3v) is 1.97. The third-order valence-electron chi connectivity index (χ3n) is 1.97. The van der Waals surface area contributed by atoms with Crippen molar-refractivity contribution >= 4 is 0 Å². The summed E-state index contributed by atoms with van der Waals surface area (Å²) in [6, 6.07) is 0. The fourth-order valence-corrected chi connectivity index (χ4v) is 1.28. The second-order valence-corrected chi connectivity index (χ2v) is 2.96. The van der Waals surface area contributed by atoms with Gasteiger partial charge in [-0.2, -0.15) is 0 Å². The minimum Gasteiger partial charge on any atom is -0.255 e. The average Bonchev–Trinajstić information content (AvgIpc) is 2.03. The van der Waals surface area contributed by atoms with Crippen molar-refractivity contribution in [3.63, 3.8) is 0 Å². The van der Waals surface area contributed by atoms with Gasteiger partial charge in [-0.05, 0) is 19.3 Å². The highest BCUT2D eigenvalue weighted by atomic mass is 15.5. The van der Waals surface area contributed by atoms with E-state index in [1.807, 2.05) is 0 Å². The van der Waals surface area contributed by atoms with E-state index in [2.05, 4.69) is 17.4 Å². The van der Waals surface area contributed by atoms with E-state index < -0.39 is 0 Å². The van der Waals surface area contributed by atoms with E-state index in [9.17, 15) is 0 Å². The van der Waals surface area contributed by atoms with Crippen molar-refractivity contribution in [3.8, 4) is 0 Å². The molecule has 0 spiro atoms. The van der Waals surface area contributed by atoms with Crippen molar-refractivity contribution in [2.45, 2.75) is 32.6 Å². The number of hydrogen-bond donors (Lipinski definition) is 1. The Bertz CT molecular complexity index is 77.3. The van der Waals surface area contributed by atoms with Crippen molar-refractivity contribution in [3.05, 3.63) is 0 Å². The van der Waals surface area contributed by atoms with Crippen LogP contribution in [0.2, 0.25) is 0 Å². The number of hydrazine groups is 1. The van der Waals surface area contributed by atoms with Gasteiger partial charge in [0.15, 0.2) is 0 Å². The molecular weight excluding hydrogens is 124 g/mol. The molecule has 0 aliphatic carbocycles. The van der Waals surface area contributed by atoms with Gasteiger partial charge >= 0.3 is 0 Å². The maximum Gasteiger partial charge on any atom is 0.0131 e. The lowest BCUT2D eigenvalue weighted by Crippen LogP contribution is -2.43. The predicted molar refractivity (Wildman–Crippen MR) is 43.7 cm³/mol. The van der Waals surface area contributed by atoms with Gasteiger partial charge in [0.1, 0.15) is 0 Å². The van der Waals surface area contributed by atoms with Gasteiger partial charge in [-0.25, -0.2) is 5.01 Å². The summed E-state index contributed by atoms with van der Waals surface area (Å²) in [7, 11) is 0. The molecular formula is C8H18N2. The summed E-state index contributed by atoms with van der Waals surface area (Å²) < 4.78 is 0. The first-order valence-corrected chi connectivity index (χ1v) is 4.42. The fourth-order valence-electron chi connectivity index (χ4n) is 1.28. The summed E-state index contributed by atoms with van der Waals surface area (Å²) in [6.45, 7) is 5.91. The predicted octanol–water partition coefficient (Wildman–Crippen LogP) is 1.39. The van der Waals surface area contributed by atoms with Gasteiger partial charge in [0, 0.05) is 19.6 Å². The first-order valence-electron chi connectivity index (χ1n) is 4.42. The van der Waals surface area contributed by atoms with Crippen LogP contribution in [0.25, 0.3) is 0 Å². The highest BCUT2D eigenvalue weighted by Gasteiger charge is 2.06. The standard InChI is InChI=1S/C8H18N2/c1-2-3-7-10-8-5-4-6-9-10/h9H,2-8H2,1H3. The Hall–Kier alpha value is -0.0800. The molecule has 1 saturated heterocycles. The molecule has 0 amide bonds. The topological polar surface area (TPSA) is 15.3 Å². The Labute approximate surface area is 63.6 Å². The van der Waals surface area contributed by atoms with E-state index in [0.717, 1.165) is 0 Å². The number of hydrogen-bond acceptors (Lipinski definition) is 2. The molecule has 0 saturated carbocycles. The maximum absolute atomic E-state index is 3.39. The lowest BCUT2D eigenvalue weighted by Gasteiger charge is -2.27. The van der Waals surface area contributed by atoms with Crippen molar-refractivity contribution in [2.75, 3.05) is 19.6 Å². The average molecular weight is 142 g/mol. The number of unbranched alkanes of at least 4 members (excludes halogenated alkanes) is 1. The summed E-state index contributed by atoms with van der Waals surface area (Å²) in [4.78, 5) is 0. The first-order chi connectivity index (χ1) is 4.93. The third kappa shape index (κ3) is 2.67. The Morgan fingerprint density at radius 2 is 2.30 bits per heavy atom. The first kappa shape index (κ1) is 8.02. The zero-order valence-electron chi connectivity index (χ0n) is 6.90. The van der Waals surface area contributed by atoms with E-state index >= 15 is 0 Å². The highest BCUT2D eigenvalue weighted by molar-refractivity contribution is 4.59. The molecule has 1 heterocycles. The lowest BCUT2D eigenvalue weighted by atomic mass is 10.2. The summed E-state index contributed by atoms with van der Waals surface area (Å²) in [5.74, 6) is 0. The molecule has 1 rings (SSSR count). The molecule has 0 aromatic heterocycles. The Morgan fingerprint density at radius 3 is 2.90 bits per heavy atom. The van der Waals surface area contributed by atoms with Gasteiger partial charge in [-0.1, -0.05) is 13.3 Å². The van der Waals surface area contributed by atoms with E-state index in [-0.39, 0.29) is 0 Å². The van der Waals surface area contributed by atoms with Gasteiger partial charge in [-0.3, -0.25) is 5.43 Å². The Kier molecular flexibility index (Phi) is 3.76. The van der Waals surface area contributed by atoms with Crippen LogP contribution in [0.1, 0.15) is 32.6 Å². The van der Waals surface area contributed by atoms with Gasteiger partial charge in [0.2, 0.25) is 0 Å². The molecule has 0 aromatic rings. The van der Waals surface area contributed by atoms with Crippen LogP contribution < -0.4 is 5.43 Å². The zero-order valence-corrected chi connectivity index (χ0v) is 6.90. The van der Waals surface area contributed by atoms with E-state index in [1.54, 1.807) is 0 Å². The molecule has 0 unspecified atom stereocenters. The second kappa shape index (κ2) is 4.69. The van der Waals surface area contributed by atoms with Gasteiger partial charge < -0.3 is 0 Å². The van der Waals surface area contributed by atoms with Crippen LogP contribution in [0.15, 0.2) is 0 Å². The molecule has 1 aliphatic rings. The van der Waals surface area contributed by atoms with Gasteiger partial charge in [0.05, 0.1) is 0 Å². The van der Waals surface area contributed by atoms with Crippen LogP contribution >= 0.6 is 0 Å². The van der Waals surface area contributed by atoms with Crippen LogP contribution in [0, 0.1) is 0 Å². The quantitative estimate of drug-likeness (QED) is 0.640. The second-order valence-electron chi connectivity index (χ2n) is 2.96. The van der Waals surface area contributed by atoms with E-state index in [4.69, 9.17) is 0 Å². The van der Waals surface area contributed by atoms with Crippen LogP contribution in [0.5, 0.6) is 0 Å². The van der Waals surface area contributed by atoms with Crippen LogP contribution in [-0.2, 0) is 0 Å². The minimum atomic E-state index is 1.18. The summed E-state index contributed by atoms with van der Waals surface area (Å²) in [5, 5.41) is 2.35. The largest absolute Gasteiger partial charge is 0.255 e. The number of rotatable bonds is 3. The molecule has 0 atom stereocenters. The molecule has 60 valence electrons. The van der Waals surface area contributed by atoms with Crippen molar-refractivity contribution in [1.29, 1.82) is 0 Å². The number of nitrogens with zero attached hydrogens (tertiary/aromatic N) is 1. The van der Waals surface area contributed by atoms with E-state index in [0.29, 0.717) is 0 Å². The monoisotopic (exact) mass is 142 g/mol.